The second kappa shape index (κ2) is 7.08. The van der Waals surface area contributed by atoms with Gasteiger partial charge in [-0.3, -0.25) is 4.79 Å². The van der Waals surface area contributed by atoms with Crippen LogP contribution in [0.2, 0.25) is 0 Å². The maximum atomic E-state index is 11.8. The van der Waals surface area contributed by atoms with Gasteiger partial charge < -0.3 is 10.5 Å². The number of esters is 1. The zero-order valence-electron chi connectivity index (χ0n) is 13.2. The number of methoxy groups -OCH3 is 1. The van der Waals surface area contributed by atoms with Crippen LogP contribution in [0.4, 0.5) is 0 Å². The number of nitrogens with two attached hydrogens (primary N) is 1. The lowest BCUT2D eigenvalue weighted by molar-refractivity contribution is -0.144. The molecular weight excluding hydrogens is 262 g/mol. The summed E-state index contributed by atoms with van der Waals surface area (Å²) in [5, 5.41) is 0. The fourth-order valence-corrected chi connectivity index (χ4v) is 3.53. The van der Waals surface area contributed by atoms with Crippen molar-refractivity contribution in [3.63, 3.8) is 0 Å². The van der Waals surface area contributed by atoms with Crippen molar-refractivity contribution in [3.8, 4) is 0 Å². The highest BCUT2D eigenvalue weighted by atomic mass is 16.5. The van der Waals surface area contributed by atoms with Crippen molar-refractivity contribution in [2.45, 2.75) is 57.9 Å². The van der Waals surface area contributed by atoms with E-state index in [2.05, 4.69) is 31.2 Å². The molecule has 0 aliphatic heterocycles. The number of carbonyl (C=O) groups is 1. The van der Waals surface area contributed by atoms with Gasteiger partial charge in [-0.15, -0.1) is 0 Å². The summed E-state index contributed by atoms with van der Waals surface area (Å²) in [6, 6.07) is 8.41. The fraction of sp³-hybridized carbons (Fsp3) is 0.611. The summed E-state index contributed by atoms with van der Waals surface area (Å²) in [4.78, 5) is 11.8. The lowest BCUT2D eigenvalue weighted by Crippen LogP contribution is -2.32. The minimum absolute atomic E-state index is 0.00615. The topological polar surface area (TPSA) is 52.3 Å². The molecule has 1 unspecified atom stereocenters. The number of carbonyl (C=O) groups excluding carboxylic acids is 1. The Bertz CT molecular complexity index is 461. The Balaban J connectivity index is 2.10. The molecule has 1 fully saturated rings. The second-order valence-electron chi connectivity index (χ2n) is 6.53. The highest BCUT2D eigenvalue weighted by Crippen LogP contribution is 2.45. The highest BCUT2D eigenvalue weighted by molar-refractivity contribution is 5.70. The summed E-state index contributed by atoms with van der Waals surface area (Å²) in [6.45, 7) is 2.08. The smallest absolute Gasteiger partial charge is 0.306 e. The van der Waals surface area contributed by atoms with E-state index in [1.807, 2.05) is 0 Å². The Morgan fingerprint density at radius 1 is 1.24 bits per heavy atom. The lowest BCUT2D eigenvalue weighted by atomic mass is 9.67. The molecule has 0 bridgehead atoms. The Hall–Kier alpha value is -1.35. The van der Waals surface area contributed by atoms with Crippen LogP contribution in [-0.4, -0.2) is 13.1 Å². The molecule has 0 radical (unpaired) electrons. The third kappa shape index (κ3) is 4.31. The Labute approximate surface area is 127 Å². The van der Waals surface area contributed by atoms with E-state index in [1.165, 1.54) is 31.9 Å². The molecular formula is C18H27NO2. The predicted molar refractivity (Wildman–Crippen MR) is 84.9 cm³/mol. The molecule has 1 aliphatic carbocycles. The van der Waals surface area contributed by atoms with Crippen molar-refractivity contribution in [2.24, 2.45) is 11.1 Å². The average molecular weight is 289 g/mol. The first-order valence-electron chi connectivity index (χ1n) is 7.94. The number of benzene rings is 1. The minimum Gasteiger partial charge on any atom is -0.469 e. The van der Waals surface area contributed by atoms with Crippen LogP contribution < -0.4 is 5.73 Å². The summed E-state index contributed by atoms with van der Waals surface area (Å²) in [7, 11) is 1.47. The van der Waals surface area contributed by atoms with Crippen LogP contribution in [0, 0.1) is 12.3 Å². The first kappa shape index (κ1) is 16.0. The molecule has 1 aliphatic rings. The summed E-state index contributed by atoms with van der Waals surface area (Å²) >= 11 is 0. The predicted octanol–water partition coefficient (Wildman–Crippen LogP) is 3.90. The van der Waals surface area contributed by atoms with Crippen molar-refractivity contribution < 1.29 is 9.53 Å². The van der Waals surface area contributed by atoms with Gasteiger partial charge in [0.1, 0.15) is 0 Å². The van der Waals surface area contributed by atoms with Gasteiger partial charge >= 0.3 is 5.97 Å². The van der Waals surface area contributed by atoms with Crippen LogP contribution in [0.5, 0.6) is 0 Å². The maximum absolute atomic E-state index is 11.8. The van der Waals surface area contributed by atoms with Gasteiger partial charge in [-0.1, -0.05) is 49.1 Å². The average Bonchev–Trinajstić information content (AvgIpc) is 2.48. The van der Waals surface area contributed by atoms with Gasteiger partial charge in [-0.25, -0.2) is 0 Å². The van der Waals surface area contributed by atoms with Crippen LogP contribution in [0.3, 0.4) is 0 Å². The quantitative estimate of drug-likeness (QED) is 0.836. The van der Waals surface area contributed by atoms with Gasteiger partial charge in [0.05, 0.1) is 13.5 Å². The molecule has 3 nitrogen and oxygen atoms in total. The van der Waals surface area contributed by atoms with Crippen LogP contribution in [0.25, 0.3) is 0 Å². The second-order valence-corrected chi connectivity index (χ2v) is 6.53. The molecule has 1 aromatic carbocycles. The van der Waals surface area contributed by atoms with E-state index in [0.717, 1.165) is 24.8 Å². The van der Waals surface area contributed by atoms with Crippen molar-refractivity contribution >= 4 is 5.97 Å². The first-order valence-corrected chi connectivity index (χ1v) is 7.94. The summed E-state index contributed by atoms with van der Waals surface area (Å²) in [5.41, 5.74) is 8.86. The molecule has 0 aromatic heterocycles. The van der Waals surface area contributed by atoms with Gasteiger partial charge in [-0.2, -0.15) is 0 Å². The van der Waals surface area contributed by atoms with Gasteiger partial charge in [0.15, 0.2) is 0 Å². The van der Waals surface area contributed by atoms with E-state index < -0.39 is 0 Å². The molecule has 21 heavy (non-hydrogen) atoms. The molecule has 1 atom stereocenters. The van der Waals surface area contributed by atoms with E-state index in [1.54, 1.807) is 0 Å². The highest BCUT2D eigenvalue weighted by Gasteiger charge is 2.36. The minimum atomic E-state index is -0.104. The molecule has 2 N–H and O–H groups in total. The summed E-state index contributed by atoms with van der Waals surface area (Å²) < 4.78 is 4.90. The molecule has 0 spiro atoms. The van der Waals surface area contributed by atoms with Crippen LogP contribution in [0.1, 0.15) is 62.1 Å². The first-order chi connectivity index (χ1) is 10.0. The maximum Gasteiger partial charge on any atom is 0.306 e. The standard InChI is InChI=1S/C18H27NO2/c1-14-6-8-15(9-7-14)16(19)12-18(13-17(20)21-2)10-4-3-5-11-18/h6-9,16H,3-5,10-13,19H2,1-2H3. The van der Waals surface area contributed by atoms with Crippen molar-refractivity contribution in [1.82, 2.24) is 0 Å². The molecule has 0 heterocycles. The van der Waals surface area contributed by atoms with Crippen molar-refractivity contribution in [2.75, 3.05) is 7.11 Å². The molecule has 3 heteroatoms. The third-order valence-electron chi connectivity index (χ3n) is 4.82. The van der Waals surface area contributed by atoms with E-state index in [4.69, 9.17) is 10.5 Å². The van der Waals surface area contributed by atoms with E-state index >= 15 is 0 Å². The zero-order valence-corrected chi connectivity index (χ0v) is 13.2. The van der Waals surface area contributed by atoms with Crippen molar-refractivity contribution in [1.29, 1.82) is 0 Å². The van der Waals surface area contributed by atoms with E-state index in [-0.39, 0.29) is 17.4 Å². The molecule has 2 rings (SSSR count). The molecule has 1 saturated carbocycles. The number of aryl methyl sites for hydroxylation is 1. The molecule has 0 saturated heterocycles. The lowest BCUT2D eigenvalue weighted by Gasteiger charge is -2.38. The van der Waals surface area contributed by atoms with E-state index in [0.29, 0.717) is 6.42 Å². The number of ether oxygens (including phenoxy) is 1. The summed E-state index contributed by atoms with van der Waals surface area (Å²) in [5.74, 6) is -0.104. The molecule has 116 valence electrons. The van der Waals surface area contributed by atoms with Crippen LogP contribution in [0.15, 0.2) is 24.3 Å². The molecule has 0 amide bonds. The van der Waals surface area contributed by atoms with E-state index in [9.17, 15) is 4.79 Å². The Morgan fingerprint density at radius 3 is 2.43 bits per heavy atom. The van der Waals surface area contributed by atoms with Gasteiger partial charge in [0.2, 0.25) is 0 Å². The number of hydrogen-bond donors (Lipinski definition) is 1. The summed E-state index contributed by atoms with van der Waals surface area (Å²) in [6.07, 6.45) is 7.19. The largest absolute Gasteiger partial charge is 0.469 e. The van der Waals surface area contributed by atoms with Crippen molar-refractivity contribution in [3.05, 3.63) is 35.4 Å². The monoisotopic (exact) mass is 289 g/mol. The number of rotatable bonds is 5. The fourth-order valence-electron chi connectivity index (χ4n) is 3.53. The molecule has 1 aromatic rings. The SMILES string of the molecule is COC(=O)CC1(CC(N)c2ccc(C)cc2)CCCCC1. The van der Waals surface area contributed by atoms with Crippen LogP contribution in [-0.2, 0) is 9.53 Å². The zero-order chi connectivity index (χ0) is 15.3. The number of hydrogen-bond acceptors (Lipinski definition) is 3. The van der Waals surface area contributed by atoms with Gasteiger partial charge in [-0.05, 0) is 37.2 Å². The van der Waals surface area contributed by atoms with Crippen LogP contribution >= 0.6 is 0 Å². The Kier molecular flexibility index (Phi) is 5.40. The third-order valence-corrected chi connectivity index (χ3v) is 4.82. The van der Waals surface area contributed by atoms with Gasteiger partial charge in [0, 0.05) is 6.04 Å². The normalized spacial score (nSPS) is 19.0. The van der Waals surface area contributed by atoms with Gasteiger partial charge in [0.25, 0.3) is 0 Å². The Morgan fingerprint density at radius 2 is 1.86 bits per heavy atom.